The van der Waals surface area contributed by atoms with Crippen molar-refractivity contribution < 1.29 is 27.4 Å². The van der Waals surface area contributed by atoms with Gasteiger partial charge in [0, 0.05) is 6.20 Å². The van der Waals surface area contributed by atoms with Crippen LogP contribution in [-0.2, 0) is 4.74 Å². The van der Waals surface area contributed by atoms with E-state index in [0.29, 0.717) is 0 Å². The predicted molar refractivity (Wildman–Crippen MR) is 51.9 cm³/mol. The minimum absolute atomic E-state index is 0.00239. The van der Waals surface area contributed by atoms with Gasteiger partial charge in [-0.1, -0.05) is 11.6 Å². The fourth-order valence-corrected chi connectivity index (χ4v) is 1.13. The van der Waals surface area contributed by atoms with Gasteiger partial charge in [-0.05, 0) is 13.0 Å². The number of esters is 1. The van der Waals surface area contributed by atoms with Gasteiger partial charge in [0.15, 0.2) is 0 Å². The van der Waals surface area contributed by atoms with E-state index in [4.69, 9.17) is 11.6 Å². The summed E-state index contributed by atoms with van der Waals surface area (Å²) in [5.74, 6) is -1.87. The van der Waals surface area contributed by atoms with E-state index >= 15 is 0 Å². The molecule has 0 aliphatic carbocycles. The highest BCUT2D eigenvalue weighted by atomic mass is 35.5. The normalized spacial score (nSPS) is 11.1. The summed E-state index contributed by atoms with van der Waals surface area (Å²) < 4.78 is 44.2. The number of carbonyl (C=O) groups excluding carboxylic acids is 1. The lowest BCUT2D eigenvalue weighted by Crippen LogP contribution is -2.20. The molecule has 0 fully saturated rings. The summed E-state index contributed by atoms with van der Waals surface area (Å²) in [6.45, 7) is 1.52. The van der Waals surface area contributed by atoms with E-state index in [-0.39, 0.29) is 11.6 Å². The molecule has 0 bridgehead atoms. The first-order chi connectivity index (χ1) is 7.83. The van der Waals surface area contributed by atoms with Crippen molar-refractivity contribution in [3.8, 4) is 5.88 Å². The number of hydrogen-bond donors (Lipinski definition) is 0. The SMILES string of the molecule is CCOC(=O)c1cc(Cl)cnc1OC(F)(F)F. The maximum atomic E-state index is 12.0. The van der Waals surface area contributed by atoms with Crippen LogP contribution in [0.3, 0.4) is 0 Å². The summed E-state index contributed by atoms with van der Waals surface area (Å²) in [7, 11) is 0. The molecule has 94 valence electrons. The zero-order valence-corrected chi connectivity index (χ0v) is 9.30. The van der Waals surface area contributed by atoms with Crippen LogP contribution in [-0.4, -0.2) is 23.9 Å². The van der Waals surface area contributed by atoms with Gasteiger partial charge in [0.2, 0.25) is 5.88 Å². The van der Waals surface area contributed by atoms with Crippen LogP contribution in [0.4, 0.5) is 13.2 Å². The standard InChI is InChI=1S/C9H7ClF3NO3/c1-2-16-8(15)6-3-5(10)4-14-7(6)17-9(11,12)13/h3-4H,2H2,1H3. The first-order valence-electron chi connectivity index (χ1n) is 4.42. The molecule has 8 heteroatoms. The van der Waals surface area contributed by atoms with Crippen molar-refractivity contribution in [1.82, 2.24) is 4.98 Å². The summed E-state index contributed by atoms with van der Waals surface area (Å²) in [4.78, 5) is 14.6. The Balaban J connectivity index is 3.08. The molecule has 1 aromatic rings. The van der Waals surface area contributed by atoms with E-state index in [1.807, 2.05) is 0 Å². The highest BCUT2D eigenvalue weighted by Gasteiger charge is 2.34. The van der Waals surface area contributed by atoms with Crippen LogP contribution in [0.1, 0.15) is 17.3 Å². The fourth-order valence-electron chi connectivity index (χ4n) is 0.973. The lowest BCUT2D eigenvalue weighted by atomic mass is 10.3. The molecule has 0 atom stereocenters. The number of rotatable bonds is 3. The maximum absolute atomic E-state index is 12.0. The molecule has 0 unspecified atom stereocenters. The third-order valence-corrected chi connectivity index (χ3v) is 1.73. The maximum Gasteiger partial charge on any atom is 0.574 e. The van der Waals surface area contributed by atoms with Crippen molar-refractivity contribution in [2.75, 3.05) is 6.61 Å². The summed E-state index contributed by atoms with van der Waals surface area (Å²) in [6, 6.07) is 0.994. The fraction of sp³-hybridized carbons (Fsp3) is 0.333. The van der Waals surface area contributed by atoms with Crippen LogP contribution < -0.4 is 4.74 Å². The number of carbonyl (C=O) groups is 1. The molecule has 4 nitrogen and oxygen atoms in total. The van der Waals surface area contributed by atoms with E-state index in [1.165, 1.54) is 6.92 Å². The molecule has 0 radical (unpaired) electrons. The topological polar surface area (TPSA) is 48.4 Å². The Bertz CT molecular complexity index is 422. The summed E-state index contributed by atoms with van der Waals surface area (Å²) in [5.41, 5.74) is -0.475. The van der Waals surface area contributed by atoms with Gasteiger partial charge in [-0.25, -0.2) is 9.78 Å². The average molecular weight is 270 g/mol. The van der Waals surface area contributed by atoms with Crippen molar-refractivity contribution >= 4 is 17.6 Å². The second kappa shape index (κ2) is 5.22. The van der Waals surface area contributed by atoms with E-state index in [0.717, 1.165) is 12.3 Å². The van der Waals surface area contributed by atoms with Crippen LogP contribution in [0.2, 0.25) is 5.02 Å². The predicted octanol–water partition coefficient (Wildman–Crippen LogP) is 2.81. The van der Waals surface area contributed by atoms with Crippen molar-refractivity contribution in [2.45, 2.75) is 13.3 Å². The third kappa shape index (κ3) is 4.10. The van der Waals surface area contributed by atoms with E-state index in [1.54, 1.807) is 0 Å². The van der Waals surface area contributed by atoms with Gasteiger partial charge < -0.3 is 9.47 Å². The molecule has 0 aliphatic heterocycles. The molecule has 0 aliphatic rings. The zero-order valence-electron chi connectivity index (χ0n) is 8.55. The van der Waals surface area contributed by atoms with Gasteiger partial charge in [-0.2, -0.15) is 0 Å². The summed E-state index contributed by atoms with van der Waals surface area (Å²) in [5, 5.41) is 0.00239. The summed E-state index contributed by atoms with van der Waals surface area (Å²) in [6.07, 6.45) is -4.01. The molecule has 0 saturated carbocycles. The Labute approximate surface area is 99.3 Å². The molecule has 0 saturated heterocycles. The Kier molecular flexibility index (Phi) is 4.17. The molecule has 0 aromatic carbocycles. The highest BCUT2D eigenvalue weighted by molar-refractivity contribution is 6.30. The van der Waals surface area contributed by atoms with Gasteiger partial charge in [0.05, 0.1) is 11.6 Å². The van der Waals surface area contributed by atoms with Crippen molar-refractivity contribution in [3.05, 3.63) is 22.8 Å². The van der Waals surface area contributed by atoms with Gasteiger partial charge >= 0.3 is 12.3 Å². The van der Waals surface area contributed by atoms with E-state index in [2.05, 4.69) is 14.5 Å². The zero-order chi connectivity index (χ0) is 13.1. The Morgan fingerprint density at radius 2 is 2.18 bits per heavy atom. The average Bonchev–Trinajstić information content (AvgIpc) is 2.19. The molecular formula is C9H7ClF3NO3. The Morgan fingerprint density at radius 1 is 1.53 bits per heavy atom. The van der Waals surface area contributed by atoms with Crippen molar-refractivity contribution in [3.63, 3.8) is 0 Å². The monoisotopic (exact) mass is 269 g/mol. The first kappa shape index (κ1) is 13.6. The van der Waals surface area contributed by atoms with Crippen LogP contribution in [0.15, 0.2) is 12.3 Å². The molecule has 17 heavy (non-hydrogen) atoms. The number of alkyl halides is 3. The molecule has 1 aromatic heterocycles. The number of halogens is 4. The highest BCUT2D eigenvalue weighted by Crippen LogP contribution is 2.26. The van der Waals surface area contributed by atoms with Crippen LogP contribution >= 0.6 is 11.6 Å². The van der Waals surface area contributed by atoms with Gasteiger partial charge in [-0.3, -0.25) is 0 Å². The Hall–Kier alpha value is -1.50. The molecule has 0 amide bonds. The van der Waals surface area contributed by atoms with Gasteiger partial charge in [0.25, 0.3) is 0 Å². The smallest absolute Gasteiger partial charge is 0.462 e. The molecular weight excluding hydrogens is 263 g/mol. The second-order valence-corrected chi connectivity index (χ2v) is 3.21. The second-order valence-electron chi connectivity index (χ2n) is 2.77. The van der Waals surface area contributed by atoms with Gasteiger partial charge in [-0.15, -0.1) is 13.2 Å². The molecule has 0 spiro atoms. The number of pyridine rings is 1. The largest absolute Gasteiger partial charge is 0.574 e. The first-order valence-corrected chi connectivity index (χ1v) is 4.79. The van der Waals surface area contributed by atoms with Crippen molar-refractivity contribution in [2.24, 2.45) is 0 Å². The Morgan fingerprint density at radius 3 is 2.71 bits per heavy atom. The van der Waals surface area contributed by atoms with Crippen LogP contribution in [0.5, 0.6) is 5.88 Å². The number of aromatic nitrogens is 1. The number of hydrogen-bond acceptors (Lipinski definition) is 4. The minimum atomic E-state index is -4.94. The third-order valence-electron chi connectivity index (χ3n) is 1.53. The molecule has 1 rings (SSSR count). The minimum Gasteiger partial charge on any atom is -0.462 e. The number of ether oxygens (including phenoxy) is 2. The lowest BCUT2D eigenvalue weighted by molar-refractivity contribution is -0.276. The van der Waals surface area contributed by atoms with Crippen LogP contribution in [0.25, 0.3) is 0 Å². The summed E-state index contributed by atoms with van der Waals surface area (Å²) >= 11 is 5.53. The van der Waals surface area contributed by atoms with Crippen molar-refractivity contribution in [1.29, 1.82) is 0 Å². The number of nitrogens with zero attached hydrogens (tertiary/aromatic N) is 1. The van der Waals surface area contributed by atoms with E-state index < -0.39 is 23.8 Å². The lowest BCUT2D eigenvalue weighted by Gasteiger charge is -2.11. The molecule has 1 heterocycles. The van der Waals surface area contributed by atoms with Gasteiger partial charge in [0.1, 0.15) is 5.56 Å². The quantitative estimate of drug-likeness (QED) is 0.792. The molecule has 0 N–H and O–H groups in total. The van der Waals surface area contributed by atoms with E-state index in [9.17, 15) is 18.0 Å². The van der Waals surface area contributed by atoms with Crippen LogP contribution in [0, 0.1) is 0 Å².